The van der Waals surface area contributed by atoms with E-state index in [4.69, 9.17) is 0 Å². The molecule has 1 aromatic carbocycles. The van der Waals surface area contributed by atoms with Gasteiger partial charge in [-0.15, -0.1) is 0 Å². The average Bonchev–Trinajstić information content (AvgIpc) is 2.60. The van der Waals surface area contributed by atoms with Crippen LogP contribution >= 0.6 is 0 Å². The van der Waals surface area contributed by atoms with E-state index in [0.29, 0.717) is 5.56 Å². The number of piperidine rings is 1. The lowest BCUT2D eigenvalue weighted by molar-refractivity contribution is -0.137. The number of hydrogen-bond acceptors (Lipinski definition) is 2. The Labute approximate surface area is 144 Å². The number of likely N-dealkylation sites (tertiary alicyclic amines) is 1. The van der Waals surface area contributed by atoms with Gasteiger partial charge < -0.3 is 15.5 Å². The molecule has 1 aliphatic heterocycles. The van der Waals surface area contributed by atoms with Gasteiger partial charge in [0.1, 0.15) is 0 Å². The SMILES string of the molecule is O=C(NCCC(=O)N1CCCCC1)NCc1cccc(C(F)(F)F)c1. The Morgan fingerprint density at radius 1 is 1.08 bits per heavy atom. The topological polar surface area (TPSA) is 61.4 Å². The first-order valence-electron chi connectivity index (χ1n) is 8.32. The first kappa shape index (κ1) is 19.1. The Morgan fingerprint density at radius 3 is 2.48 bits per heavy atom. The van der Waals surface area contributed by atoms with Crippen LogP contribution in [0.15, 0.2) is 24.3 Å². The Bertz CT molecular complexity index is 599. The van der Waals surface area contributed by atoms with Gasteiger partial charge in [0.15, 0.2) is 0 Å². The molecule has 0 bridgehead atoms. The van der Waals surface area contributed by atoms with E-state index in [1.165, 1.54) is 12.1 Å². The van der Waals surface area contributed by atoms with Crippen LogP contribution in [0.25, 0.3) is 0 Å². The summed E-state index contributed by atoms with van der Waals surface area (Å²) in [6.07, 6.45) is -1.03. The van der Waals surface area contributed by atoms with Crippen molar-refractivity contribution >= 4 is 11.9 Å². The molecule has 2 N–H and O–H groups in total. The number of benzene rings is 1. The van der Waals surface area contributed by atoms with E-state index in [-0.39, 0.29) is 25.4 Å². The molecule has 138 valence electrons. The third-order valence-electron chi connectivity index (χ3n) is 4.04. The molecule has 25 heavy (non-hydrogen) atoms. The highest BCUT2D eigenvalue weighted by atomic mass is 19.4. The van der Waals surface area contributed by atoms with Crippen molar-refractivity contribution in [1.82, 2.24) is 15.5 Å². The van der Waals surface area contributed by atoms with Crippen LogP contribution in [0.3, 0.4) is 0 Å². The molecular weight excluding hydrogens is 335 g/mol. The molecule has 3 amide bonds. The van der Waals surface area contributed by atoms with Crippen LogP contribution in [-0.2, 0) is 17.5 Å². The molecule has 1 fully saturated rings. The number of urea groups is 1. The maximum atomic E-state index is 12.6. The van der Waals surface area contributed by atoms with Crippen molar-refractivity contribution in [2.45, 2.75) is 38.4 Å². The van der Waals surface area contributed by atoms with Crippen molar-refractivity contribution in [3.63, 3.8) is 0 Å². The second kappa shape index (κ2) is 8.73. The second-order valence-corrected chi connectivity index (χ2v) is 6.00. The summed E-state index contributed by atoms with van der Waals surface area (Å²) in [6.45, 7) is 1.71. The summed E-state index contributed by atoms with van der Waals surface area (Å²) in [7, 11) is 0. The molecule has 1 aromatic rings. The Morgan fingerprint density at radius 2 is 1.80 bits per heavy atom. The Balaban J connectivity index is 1.69. The van der Waals surface area contributed by atoms with Gasteiger partial charge in [0.05, 0.1) is 5.56 Å². The maximum Gasteiger partial charge on any atom is 0.416 e. The highest BCUT2D eigenvalue weighted by molar-refractivity contribution is 5.78. The van der Waals surface area contributed by atoms with Crippen molar-refractivity contribution < 1.29 is 22.8 Å². The van der Waals surface area contributed by atoms with Gasteiger partial charge in [0.2, 0.25) is 5.91 Å². The minimum absolute atomic E-state index is 0.0119. The van der Waals surface area contributed by atoms with Crippen LogP contribution in [0.1, 0.15) is 36.8 Å². The van der Waals surface area contributed by atoms with E-state index in [9.17, 15) is 22.8 Å². The van der Waals surface area contributed by atoms with E-state index in [2.05, 4.69) is 10.6 Å². The summed E-state index contributed by atoms with van der Waals surface area (Å²) in [5.74, 6) is 0.0119. The number of carbonyl (C=O) groups excluding carboxylic acids is 2. The molecule has 1 heterocycles. The first-order chi connectivity index (χ1) is 11.9. The van der Waals surface area contributed by atoms with Gasteiger partial charge >= 0.3 is 12.2 Å². The fourth-order valence-corrected chi connectivity index (χ4v) is 2.69. The van der Waals surface area contributed by atoms with Crippen LogP contribution in [0.2, 0.25) is 0 Å². The number of hydrogen-bond donors (Lipinski definition) is 2. The standard InChI is InChI=1S/C17H22F3N3O2/c18-17(19,20)14-6-4-5-13(11-14)12-22-16(25)21-8-7-15(24)23-9-2-1-3-10-23/h4-6,11H,1-3,7-10,12H2,(H2,21,22,25). The Hall–Kier alpha value is -2.25. The highest BCUT2D eigenvalue weighted by Gasteiger charge is 2.30. The molecule has 8 heteroatoms. The number of alkyl halides is 3. The van der Waals surface area contributed by atoms with E-state index in [1.54, 1.807) is 4.90 Å². The monoisotopic (exact) mass is 357 g/mol. The normalized spacial score (nSPS) is 14.9. The molecule has 1 aliphatic rings. The van der Waals surface area contributed by atoms with Gasteiger partial charge in [-0.25, -0.2) is 4.79 Å². The number of halogens is 3. The fourth-order valence-electron chi connectivity index (χ4n) is 2.69. The van der Waals surface area contributed by atoms with Crippen molar-refractivity contribution in [1.29, 1.82) is 0 Å². The summed E-state index contributed by atoms with van der Waals surface area (Å²) in [6, 6.07) is 4.28. The third-order valence-corrected chi connectivity index (χ3v) is 4.04. The van der Waals surface area contributed by atoms with Crippen LogP contribution in [0.4, 0.5) is 18.0 Å². The molecule has 0 spiro atoms. The summed E-state index contributed by atoms with van der Waals surface area (Å²) in [4.78, 5) is 25.4. The molecule has 5 nitrogen and oxygen atoms in total. The van der Waals surface area contributed by atoms with Crippen LogP contribution in [-0.4, -0.2) is 36.5 Å². The first-order valence-corrected chi connectivity index (χ1v) is 8.32. The van der Waals surface area contributed by atoms with Gasteiger partial charge in [0, 0.05) is 32.6 Å². The molecule has 0 aliphatic carbocycles. The third kappa shape index (κ3) is 6.28. The number of nitrogens with zero attached hydrogens (tertiary/aromatic N) is 1. The lowest BCUT2D eigenvalue weighted by Crippen LogP contribution is -2.40. The van der Waals surface area contributed by atoms with E-state index < -0.39 is 17.8 Å². The predicted molar refractivity (Wildman–Crippen MR) is 86.7 cm³/mol. The zero-order valence-corrected chi connectivity index (χ0v) is 13.9. The summed E-state index contributed by atoms with van der Waals surface area (Å²) < 4.78 is 37.9. The van der Waals surface area contributed by atoms with Gasteiger partial charge in [-0.05, 0) is 37.0 Å². The number of carbonyl (C=O) groups is 2. The number of rotatable bonds is 5. The van der Waals surface area contributed by atoms with Crippen molar-refractivity contribution in [3.8, 4) is 0 Å². The van der Waals surface area contributed by atoms with E-state index in [0.717, 1.165) is 44.5 Å². The van der Waals surface area contributed by atoms with Crippen molar-refractivity contribution in [2.75, 3.05) is 19.6 Å². The van der Waals surface area contributed by atoms with Crippen molar-refractivity contribution in [2.24, 2.45) is 0 Å². The maximum absolute atomic E-state index is 12.6. The summed E-state index contributed by atoms with van der Waals surface area (Å²) in [5, 5.41) is 5.04. The van der Waals surface area contributed by atoms with Crippen LogP contribution < -0.4 is 10.6 Å². The molecule has 1 saturated heterocycles. The van der Waals surface area contributed by atoms with Gasteiger partial charge in [-0.3, -0.25) is 4.79 Å². The molecule has 0 atom stereocenters. The number of nitrogens with one attached hydrogen (secondary N) is 2. The zero-order valence-electron chi connectivity index (χ0n) is 13.9. The van der Waals surface area contributed by atoms with Gasteiger partial charge in [-0.1, -0.05) is 12.1 Å². The second-order valence-electron chi connectivity index (χ2n) is 6.00. The van der Waals surface area contributed by atoms with E-state index >= 15 is 0 Å². The quantitative estimate of drug-likeness (QED) is 0.851. The summed E-state index contributed by atoms with van der Waals surface area (Å²) in [5.41, 5.74) is -0.395. The van der Waals surface area contributed by atoms with Gasteiger partial charge in [-0.2, -0.15) is 13.2 Å². The predicted octanol–water partition coefficient (Wildman–Crippen LogP) is 2.91. The molecular formula is C17H22F3N3O2. The Kier molecular flexibility index (Phi) is 6.66. The molecule has 0 saturated carbocycles. The fraction of sp³-hybridized carbons (Fsp3) is 0.529. The zero-order chi connectivity index (χ0) is 18.3. The molecule has 0 radical (unpaired) electrons. The smallest absolute Gasteiger partial charge is 0.343 e. The summed E-state index contributed by atoms with van der Waals surface area (Å²) >= 11 is 0. The lowest BCUT2D eigenvalue weighted by Gasteiger charge is -2.26. The largest absolute Gasteiger partial charge is 0.416 e. The van der Waals surface area contributed by atoms with Gasteiger partial charge in [0.25, 0.3) is 0 Å². The number of amides is 3. The van der Waals surface area contributed by atoms with Crippen molar-refractivity contribution in [3.05, 3.63) is 35.4 Å². The minimum Gasteiger partial charge on any atom is -0.343 e. The molecule has 0 unspecified atom stereocenters. The average molecular weight is 357 g/mol. The van der Waals surface area contributed by atoms with Crippen LogP contribution in [0, 0.1) is 0 Å². The van der Waals surface area contributed by atoms with E-state index in [1.807, 2.05) is 0 Å². The minimum atomic E-state index is -4.41. The molecule has 2 rings (SSSR count). The van der Waals surface area contributed by atoms with Crippen LogP contribution in [0.5, 0.6) is 0 Å². The highest BCUT2D eigenvalue weighted by Crippen LogP contribution is 2.29. The molecule has 0 aromatic heterocycles. The lowest BCUT2D eigenvalue weighted by atomic mass is 10.1.